The first-order valence-corrected chi connectivity index (χ1v) is 5.82. The Balaban J connectivity index is 2.78. The molecule has 0 aliphatic carbocycles. The summed E-state index contributed by atoms with van der Waals surface area (Å²) in [5.41, 5.74) is 1.66. The predicted molar refractivity (Wildman–Crippen MR) is 68.0 cm³/mol. The molecule has 0 radical (unpaired) electrons. The van der Waals surface area contributed by atoms with Gasteiger partial charge in [-0.15, -0.1) is 0 Å². The van der Waals surface area contributed by atoms with Crippen LogP contribution in [0.25, 0.3) is 5.69 Å². The Kier molecular flexibility index (Phi) is 3.22. The molecule has 0 amide bonds. The first-order valence-electron chi connectivity index (χ1n) is 5.45. The van der Waals surface area contributed by atoms with E-state index in [4.69, 9.17) is 11.6 Å². The van der Waals surface area contributed by atoms with Crippen molar-refractivity contribution in [1.29, 1.82) is 0 Å². The maximum Gasteiger partial charge on any atom is 0.162 e. The summed E-state index contributed by atoms with van der Waals surface area (Å²) in [6.07, 6.45) is 0. The van der Waals surface area contributed by atoms with Gasteiger partial charge in [0.25, 0.3) is 0 Å². The average Bonchev–Trinajstić information content (AvgIpc) is 2.56. The third kappa shape index (κ3) is 1.93. The Labute approximate surface area is 109 Å². The molecule has 1 aromatic heterocycles. The molecule has 94 valence electrons. The highest BCUT2D eigenvalue weighted by Crippen LogP contribution is 2.26. The summed E-state index contributed by atoms with van der Waals surface area (Å²) in [5.74, 6) is -0.710. The Hall–Kier alpha value is -1.68. The molecule has 2 rings (SSSR count). The van der Waals surface area contributed by atoms with E-state index in [1.807, 2.05) is 0 Å². The molecule has 0 fully saturated rings. The molecule has 18 heavy (non-hydrogen) atoms. The second kappa shape index (κ2) is 4.53. The monoisotopic (exact) mass is 266 g/mol. The topological polar surface area (TPSA) is 34.9 Å². The van der Waals surface area contributed by atoms with E-state index in [-0.39, 0.29) is 17.0 Å². The van der Waals surface area contributed by atoms with Crippen molar-refractivity contribution >= 4 is 17.4 Å². The van der Waals surface area contributed by atoms with Gasteiger partial charge < -0.3 is 0 Å². The minimum Gasteiger partial charge on any atom is -0.294 e. The second-order valence-electron chi connectivity index (χ2n) is 4.09. The normalized spacial score (nSPS) is 10.7. The summed E-state index contributed by atoms with van der Waals surface area (Å²) < 4.78 is 15.3. The zero-order valence-corrected chi connectivity index (χ0v) is 11.0. The first-order chi connectivity index (χ1) is 8.43. The number of carbonyl (C=O) groups excluding carboxylic acids is 1. The van der Waals surface area contributed by atoms with Gasteiger partial charge in [0.05, 0.1) is 16.4 Å². The number of hydrogen-bond donors (Lipinski definition) is 0. The quantitative estimate of drug-likeness (QED) is 0.780. The summed E-state index contributed by atoms with van der Waals surface area (Å²) in [6.45, 7) is 4.87. The minimum atomic E-state index is -0.495. The van der Waals surface area contributed by atoms with Gasteiger partial charge in [0.2, 0.25) is 0 Å². The molecule has 5 heteroatoms. The molecule has 2 aromatic rings. The van der Waals surface area contributed by atoms with Crippen molar-refractivity contribution < 1.29 is 9.18 Å². The lowest BCUT2D eigenvalue weighted by atomic mass is 10.1. The molecule has 0 spiro atoms. The van der Waals surface area contributed by atoms with Crippen LogP contribution in [0, 0.1) is 19.7 Å². The fraction of sp³-hybridized carbons (Fsp3) is 0.231. The van der Waals surface area contributed by atoms with Crippen molar-refractivity contribution in [3.8, 4) is 5.69 Å². The van der Waals surface area contributed by atoms with E-state index in [2.05, 4.69) is 5.10 Å². The Morgan fingerprint density at radius 2 is 2.06 bits per heavy atom. The molecule has 0 aliphatic heterocycles. The number of rotatable bonds is 2. The van der Waals surface area contributed by atoms with Crippen molar-refractivity contribution in [2.24, 2.45) is 0 Å². The van der Waals surface area contributed by atoms with Crippen molar-refractivity contribution in [2.75, 3.05) is 0 Å². The lowest BCUT2D eigenvalue weighted by Crippen LogP contribution is -2.09. The van der Waals surface area contributed by atoms with E-state index in [9.17, 15) is 9.18 Å². The maximum absolute atomic E-state index is 14.0. The summed E-state index contributed by atoms with van der Waals surface area (Å²) in [5, 5.41) is 4.66. The van der Waals surface area contributed by atoms with E-state index in [0.717, 1.165) is 0 Å². The number of Topliss-reactive ketones (excluding diaryl/α,β-unsaturated/α-hetero) is 1. The number of benzene rings is 1. The van der Waals surface area contributed by atoms with E-state index < -0.39 is 5.82 Å². The van der Waals surface area contributed by atoms with Gasteiger partial charge in [0, 0.05) is 5.56 Å². The van der Waals surface area contributed by atoms with E-state index >= 15 is 0 Å². The number of hydrogen-bond acceptors (Lipinski definition) is 2. The molecule has 0 unspecified atom stereocenters. The summed E-state index contributed by atoms with van der Waals surface area (Å²) >= 11 is 6.04. The summed E-state index contributed by atoms with van der Waals surface area (Å²) in [4.78, 5) is 11.6. The first kappa shape index (κ1) is 12.8. The highest BCUT2D eigenvalue weighted by molar-refractivity contribution is 6.31. The minimum absolute atomic E-state index is 0.150. The number of para-hydroxylation sites is 1. The number of carbonyl (C=O) groups is 1. The molecular formula is C13H12ClFN2O. The van der Waals surface area contributed by atoms with E-state index in [1.165, 1.54) is 23.7 Å². The van der Waals surface area contributed by atoms with Crippen LogP contribution in [0.4, 0.5) is 4.39 Å². The zero-order valence-electron chi connectivity index (χ0n) is 10.3. The molecule has 1 aromatic carbocycles. The van der Waals surface area contributed by atoms with Crippen LogP contribution in [-0.2, 0) is 0 Å². The molecule has 3 nitrogen and oxygen atoms in total. The lowest BCUT2D eigenvalue weighted by Gasteiger charge is -2.10. The van der Waals surface area contributed by atoms with Crippen LogP contribution in [0.3, 0.4) is 0 Å². The van der Waals surface area contributed by atoms with Crippen LogP contribution in [0.15, 0.2) is 18.2 Å². The van der Waals surface area contributed by atoms with E-state index in [0.29, 0.717) is 16.4 Å². The van der Waals surface area contributed by atoms with Gasteiger partial charge in [-0.05, 0) is 32.9 Å². The smallest absolute Gasteiger partial charge is 0.162 e. The van der Waals surface area contributed by atoms with E-state index in [1.54, 1.807) is 19.9 Å². The molecule has 0 saturated heterocycles. The Morgan fingerprint density at radius 1 is 1.39 bits per heavy atom. The van der Waals surface area contributed by atoms with Crippen molar-refractivity contribution in [2.45, 2.75) is 20.8 Å². The van der Waals surface area contributed by atoms with Crippen LogP contribution in [0.2, 0.25) is 5.02 Å². The summed E-state index contributed by atoms with van der Waals surface area (Å²) in [6, 6.07) is 4.38. The number of aryl methyl sites for hydroxylation is 1. The number of halogens is 2. The maximum atomic E-state index is 14.0. The van der Waals surface area contributed by atoms with Crippen LogP contribution in [-0.4, -0.2) is 15.6 Å². The molecule has 0 atom stereocenters. The largest absolute Gasteiger partial charge is 0.294 e. The van der Waals surface area contributed by atoms with Gasteiger partial charge >= 0.3 is 0 Å². The molecule has 0 aliphatic rings. The fourth-order valence-corrected chi connectivity index (χ4v) is 1.97. The van der Waals surface area contributed by atoms with Crippen molar-refractivity contribution in [3.63, 3.8) is 0 Å². The van der Waals surface area contributed by atoms with Crippen molar-refractivity contribution in [1.82, 2.24) is 9.78 Å². The lowest BCUT2D eigenvalue weighted by molar-refractivity contribution is 0.101. The summed E-state index contributed by atoms with van der Waals surface area (Å²) in [7, 11) is 0. The molecule has 0 bridgehead atoms. The van der Waals surface area contributed by atoms with Gasteiger partial charge in [-0.1, -0.05) is 17.7 Å². The fourth-order valence-electron chi connectivity index (χ4n) is 1.86. The predicted octanol–water partition coefficient (Wildman–Crippen LogP) is 3.48. The zero-order chi connectivity index (χ0) is 13.4. The van der Waals surface area contributed by atoms with Crippen molar-refractivity contribution in [3.05, 3.63) is 46.0 Å². The SMILES string of the molecule is CC(=O)c1cccc(F)c1-n1nc(C)c(Cl)c1C. The van der Waals surface area contributed by atoms with Crippen LogP contribution in [0.1, 0.15) is 28.7 Å². The number of nitrogens with zero attached hydrogens (tertiary/aromatic N) is 2. The third-order valence-corrected chi connectivity index (χ3v) is 3.33. The Bertz CT molecular complexity index is 634. The van der Waals surface area contributed by atoms with Gasteiger partial charge in [0.1, 0.15) is 11.5 Å². The molecule has 0 N–H and O–H groups in total. The highest BCUT2D eigenvalue weighted by Gasteiger charge is 2.18. The molecular weight excluding hydrogens is 255 g/mol. The molecule has 1 heterocycles. The van der Waals surface area contributed by atoms with Gasteiger partial charge in [-0.25, -0.2) is 9.07 Å². The van der Waals surface area contributed by atoms with Gasteiger partial charge in [-0.2, -0.15) is 5.10 Å². The number of ketones is 1. The molecule has 0 saturated carbocycles. The second-order valence-corrected chi connectivity index (χ2v) is 4.47. The van der Waals surface area contributed by atoms with Gasteiger partial charge in [0.15, 0.2) is 5.78 Å². The van der Waals surface area contributed by atoms with Crippen LogP contribution >= 0.6 is 11.6 Å². The average molecular weight is 267 g/mol. The Morgan fingerprint density at radius 3 is 2.56 bits per heavy atom. The third-order valence-electron chi connectivity index (χ3n) is 2.78. The standard InChI is InChI=1S/C13H12ClFN2O/c1-7-12(14)8(2)17(16-7)13-10(9(3)18)5-4-6-11(13)15/h4-6H,1-3H3. The number of aromatic nitrogens is 2. The van der Waals surface area contributed by atoms with Crippen LogP contribution in [0.5, 0.6) is 0 Å². The van der Waals surface area contributed by atoms with Crippen LogP contribution < -0.4 is 0 Å². The van der Waals surface area contributed by atoms with Gasteiger partial charge in [-0.3, -0.25) is 4.79 Å². The highest BCUT2D eigenvalue weighted by atomic mass is 35.5.